The maximum Gasteiger partial charge on any atom is 0.274 e. The zero-order valence-corrected chi connectivity index (χ0v) is 16.3. The van der Waals surface area contributed by atoms with Crippen molar-refractivity contribution in [2.45, 2.75) is 12.5 Å². The van der Waals surface area contributed by atoms with Crippen molar-refractivity contribution >= 4 is 34.4 Å². The second-order valence-electron chi connectivity index (χ2n) is 6.59. The highest BCUT2D eigenvalue weighted by molar-refractivity contribution is 7.80. The largest absolute Gasteiger partial charge is 0.331 e. The van der Waals surface area contributed by atoms with Gasteiger partial charge in [-0.3, -0.25) is 10.1 Å². The molecule has 0 aliphatic carbocycles. The Kier molecular flexibility index (Phi) is 5.31. The van der Waals surface area contributed by atoms with Gasteiger partial charge in [0.25, 0.3) is 5.69 Å². The van der Waals surface area contributed by atoms with Crippen molar-refractivity contribution in [3.05, 3.63) is 106 Å². The molecule has 6 nitrogen and oxygen atoms in total. The van der Waals surface area contributed by atoms with Crippen molar-refractivity contribution in [3.63, 3.8) is 0 Å². The number of hydrazone groups is 1. The average molecular weight is 402 g/mol. The number of anilines is 1. The number of para-hydroxylation sites is 2. The SMILES string of the molecule is O=[N+]([O-])c1ccccc1C1CC(c2ccccc2)=NN1C(=S)Nc1ccccc1. The van der Waals surface area contributed by atoms with Crippen LogP contribution in [0.25, 0.3) is 0 Å². The summed E-state index contributed by atoms with van der Waals surface area (Å²) in [5.74, 6) is 0. The molecule has 1 atom stereocenters. The van der Waals surface area contributed by atoms with E-state index in [0.717, 1.165) is 17.0 Å². The molecule has 144 valence electrons. The van der Waals surface area contributed by atoms with Crippen LogP contribution in [0.1, 0.15) is 23.6 Å². The highest BCUT2D eigenvalue weighted by Gasteiger charge is 2.35. The lowest BCUT2D eigenvalue weighted by molar-refractivity contribution is -0.385. The van der Waals surface area contributed by atoms with Crippen LogP contribution in [0.4, 0.5) is 11.4 Å². The van der Waals surface area contributed by atoms with E-state index in [4.69, 9.17) is 17.3 Å². The van der Waals surface area contributed by atoms with Crippen molar-refractivity contribution in [2.75, 3.05) is 5.32 Å². The minimum atomic E-state index is -0.365. The number of benzene rings is 3. The van der Waals surface area contributed by atoms with Gasteiger partial charge in [0, 0.05) is 18.2 Å². The molecule has 1 heterocycles. The number of hydrogen-bond donors (Lipinski definition) is 1. The molecule has 1 unspecified atom stereocenters. The first-order valence-corrected chi connectivity index (χ1v) is 9.56. The lowest BCUT2D eigenvalue weighted by Gasteiger charge is -2.24. The Morgan fingerprint density at radius 3 is 2.31 bits per heavy atom. The van der Waals surface area contributed by atoms with Gasteiger partial charge < -0.3 is 5.32 Å². The molecule has 1 N–H and O–H groups in total. The normalized spacial score (nSPS) is 15.7. The predicted octanol–water partition coefficient (Wildman–Crippen LogP) is 5.14. The summed E-state index contributed by atoms with van der Waals surface area (Å²) in [6.07, 6.45) is 0.519. The summed E-state index contributed by atoms with van der Waals surface area (Å²) in [4.78, 5) is 11.2. The van der Waals surface area contributed by atoms with Crippen LogP contribution in [0, 0.1) is 10.1 Å². The number of nitrogens with one attached hydrogen (secondary N) is 1. The van der Waals surface area contributed by atoms with Crippen molar-refractivity contribution in [1.82, 2.24) is 5.01 Å². The molecule has 1 aliphatic rings. The van der Waals surface area contributed by atoms with Crippen LogP contribution < -0.4 is 5.32 Å². The number of nitro benzene ring substituents is 1. The second kappa shape index (κ2) is 8.20. The van der Waals surface area contributed by atoms with Crippen LogP contribution in [0.15, 0.2) is 90.0 Å². The van der Waals surface area contributed by atoms with Gasteiger partial charge in [-0.1, -0.05) is 60.7 Å². The van der Waals surface area contributed by atoms with Crippen molar-refractivity contribution < 1.29 is 4.92 Å². The van der Waals surface area contributed by atoms with E-state index >= 15 is 0 Å². The van der Waals surface area contributed by atoms with Crippen LogP contribution in [0.3, 0.4) is 0 Å². The summed E-state index contributed by atoms with van der Waals surface area (Å²) in [5, 5.41) is 21.6. The van der Waals surface area contributed by atoms with E-state index in [1.54, 1.807) is 23.2 Å². The maximum atomic E-state index is 11.6. The van der Waals surface area contributed by atoms with Gasteiger partial charge in [-0.2, -0.15) is 5.10 Å². The average Bonchev–Trinajstić information content (AvgIpc) is 3.20. The van der Waals surface area contributed by atoms with Crippen LogP contribution in [-0.4, -0.2) is 20.8 Å². The Hall–Kier alpha value is -3.58. The second-order valence-corrected chi connectivity index (χ2v) is 6.98. The molecule has 0 bridgehead atoms. The zero-order valence-electron chi connectivity index (χ0n) is 15.4. The summed E-state index contributed by atoms with van der Waals surface area (Å²) in [6, 6.07) is 25.7. The van der Waals surface area contributed by atoms with Crippen molar-refractivity contribution in [1.29, 1.82) is 0 Å². The lowest BCUT2D eigenvalue weighted by Crippen LogP contribution is -2.31. The minimum absolute atomic E-state index is 0.0644. The number of nitro groups is 1. The molecule has 0 spiro atoms. The summed E-state index contributed by atoms with van der Waals surface area (Å²) in [7, 11) is 0. The molecule has 0 radical (unpaired) electrons. The highest BCUT2D eigenvalue weighted by Crippen LogP contribution is 2.37. The fourth-order valence-corrected chi connectivity index (χ4v) is 3.67. The third kappa shape index (κ3) is 4.00. The molecule has 3 aromatic rings. The van der Waals surface area contributed by atoms with E-state index in [9.17, 15) is 10.1 Å². The molecule has 4 rings (SSSR count). The summed E-state index contributed by atoms with van der Waals surface area (Å²) in [6.45, 7) is 0. The van der Waals surface area contributed by atoms with Gasteiger partial charge >= 0.3 is 0 Å². The van der Waals surface area contributed by atoms with Crippen LogP contribution in [0.2, 0.25) is 0 Å². The third-order valence-corrected chi connectivity index (χ3v) is 5.03. The standard InChI is InChI=1S/C22H18N4O2S/c27-26(28)20-14-8-7-13-18(20)21-15-19(16-9-3-1-4-10-16)24-25(21)22(29)23-17-11-5-2-6-12-17/h1-14,21H,15H2,(H,23,29). The first kappa shape index (κ1) is 18.8. The number of nitrogens with zero attached hydrogens (tertiary/aromatic N) is 3. The Bertz CT molecular complexity index is 1070. The predicted molar refractivity (Wildman–Crippen MR) is 118 cm³/mol. The molecular weight excluding hydrogens is 384 g/mol. The quantitative estimate of drug-likeness (QED) is 0.372. The van der Waals surface area contributed by atoms with Gasteiger partial charge in [-0.05, 0) is 36.0 Å². The van der Waals surface area contributed by atoms with Crippen LogP contribution in [-0.2, 0) is 0 Å². The van der Waals surface area contributed by atoms with Crippen LogP contribution >= 0.6 is 12.2 Å². The fourth-order valence-electron chi connectivity index (χ4n) is 3.38. The number of rotatable bonds is 4. The van der Waals surface area contributed by atoms with E-state index in [0.29, 0.717) is 17.1 Å². The van der Waals surface area contributed by atoms with Crippen molar-refractivity contribution in [2.24, 2.45) is 5.10 Å². The van der Waals surface area contributed by atoms with Gasteiger partial charge in [-0.15, -0.1) is 0 Å². The molecule has 0 saturated carbocycles. The fraction of sp³-hybridized carbons (Fsp3) is 0.0909. The van der Waals surface area contributed by atoms with Gasteiger partial charge in [0.1, 0.15) is 0 Å². The summed E-state index contributed by atoms with van der Waals surface area (Å²) in [5.41, 5.74) is 3.30. The molecular formula is C22H18N4O2S. The topological polar surface area (TPSA) is 70.8 Å². The Balaban J connectivity index is 1.71. The third-order valence-electron chi connectivity index (χ3n) is 4.74. The molecule has 7 heteroatoms. The molecule has 29 heavy (non-hydrogen) atoms. The van der Waals surface area contributed by atoms with Gasteiger partial charge in [-0.25, -0.2) is 5.01 Å². The molecule has 0 fully saturated rings. The molecule has 0 aromatic heterocycles. The van der Waals surface area contributed by atoms with E-state index in [2.05, 4.69) is 5.32 Å². The molecule has 3 aromatic carbocycles. The first-order chi connectivity index (χ1) is 14.1. The van der Waals surface area contributed by atoms with E-state index < -0.39 is 0 Å². The lowest BCUT2D eigenvalue weighted by atomic mass is 9.97. The maximum absolute atomic E-state index is 11.6. The number of hydrogen-bond acceptors (Lipinski definition) is 4. The van der Waals surface area contributed by atoms with Gasteiger partial charge in [0.2, 0.25) is 0 Å². The summed E-state index contributed by atoms with van der Waals surface area (Å²) >= 11 is 5.62. The van der Waals surface area contributed by atoms with E-state index in [1.165, 1.54) is 6.07 Å². The smallest absolute Gasteiger partial charge is 0.274 e. The number of thiocarbonyl (C=S) groups is 1. The first-order valence-electron chi connectivity index (χ1n) is 9.15. The van der Waals surface area contributed by atoms with Crippen LogP contribution in [0.5, 0.6) is 0 Å². The van der Waals surface area contributed by atoms with Crippen molar-refractivity contribution in [3.8, 4) is 0 Å². The monoisotopic (exact) mass is 402 g/mol. The molecule has 0 amide bonds. The molecule has 1 aliphatic heterocycles. The van der Waals surface area contributed by atoms with E-state index in [-0.39, 0.29) is 16.7 Å². The Morgan fingerprint density at radius 2 is 1.62 bits per heavy atom. The summed E-state index contributed by atoms with van der Waals surface area (Å²) < 4.78 is 0. The Morgan fingerprint density at radius 1 is 1.00 bits per heavy atom. The molecule has 0 saturated heterocycles. The van der Waals surface area contributed by atoms with Gasteiger partial charge in [0.15, 0.2) is 5.11 Å². The van der Waals surface area contributed by atoms with Gasteiger partial charge in [0.05, 0.1) is 22.2 Å². The minimum Gasteiger partial charge on any atom is -0.331 e. The van der Waals surface area contributed by atoms with E-state index in [1.807, 2.05) is 60.7 Å². The highest BCUT2D eigenvalue weighted by atomic mass is 32.1. The zero-order chi connectivity index (χ0) is 20.2. The Labute approximate surface area is 173 Å².